The van der Waals surface area contributed by atoms with Gasteiger partial charge in [-0.15, -0.1) is 0 Å². The van der Waals surface area contributed by atoms with Crippen molar-refractivity contribution >= 4 is 11.2 Å². The van der Waals surface area contributed by atoms with Gasteiger partial charge >= 0.3 is 0 Å². The van der Waals surface area contributed by atoms with E-state index in [2.05, 4.69) is 65.9 Å². The summed E-state index contributed by atoms with van der Waals surface area (Å²) in [4.78, 5) is 12.6. The van der Waals surface area contributed by atoms with E-state index in [4.69, 9.17) is 9.97 Å². The Morgan fingerprint density at radius 2 is 1.72 bits per heavy atom. The number of benzene rings is 1. The molecule has 194 valence electrons. The van der Waals surface area contributed by atoms with Gasteiger partial charge in [-0.25, -0.2) is 9.97 Å². The number of nitrogens with zero attached hydrogens (tertiary/aromatic N) is 4. The van der Waals surface area contributed by atoms with E-state index in [0.717, 1.165) is 47.7 Å². The van der Waals surface area contributed by atoms with Crippen LogP contribution in [0.1, 0.15) is 86.5 Å². The molecule has 36 heavy (non-hydrogen) atoms. The maximum atomic E-state index is 4.90. The van der Waals surface area contributed by atoms with Gasteiger partial charge in [-0.05, 0) is 101 Å². The molecule has 1 aromatic carbocycles. The minimum atomic E-state index is 0.822. The van der Waals surface area contributed by atoms with Crippen LogP contribution in [0.2, 0.25) is 0 Å². The summed E-state index contributed by atoms with van der Waals surface area (Å²) in [5.41, 5.74) is 7.14. The number of hydrogen-bond donors (Lipinski definition) is 1. The maximum absolute atomic E-state index is 4.90. The number of nitrogens with one attached hydrogen (secondary N) is 1. The van der Waals surface area contributed by atoms with Crippen LogP contribution >= 0.6 is 0 Å². The zero-order chi connectivity index (χ0) is 24.9. The first-order chi connectivity index (χ1) is 17.6. The van der Waals surface area contributed by atoms with Crippen LogP contribution in [0.4, 0.5) is 0 Å². The minimum Gasteiger partial charge on any atom is -0.317 e. The molecule has 2 aromatic heterocycles. The first-order valence-corrected chi connectivity index (χ1v) is 14.5. The van der Waals surface area contributed by atoms with Gasteiger partial charge in [0.2, 0.25) is 0 Å². The molecule has 2 aliphatic heterocycles. The predicted octanol–water partition coefficient (Wildman–Crippen LogP) is 5.98. The predicted molar refractivity (Wildman–Crippen MR) is 150 cm³/mol. The average Bonchev–Trinajstić information content (AvgIpc) is 3.26. The van der Waals surface area contributed by atoms with Crippen molar-refractivity contribution in [3.05, 3.63) is 58.5 Å². The van der Waals surface area contributed by atoms with Crippen molar-refractivity contribution in [2.24, 2.45) is 0 Å². The molecule has 5 rings (SSSR count). The molecule has 0 radical (unpaired) electrons. The van der Waals surface area contributed by atoms with Crippen molar-refractivity contribution in [1.29, 1.82) is 0 Å². The molecule has 0 spiro atoms. The van der Waals surface area contributed by atoms with Crippen molar-refractivity contribution in [2.45, 2.75) is 104 Å². The van der Waals surface area contributed by atoms with Crippen LogP contribution < -0.4 is 5.32 Å². The van der Waals surface area contributed by atoms with Gasteiger partial charge in [0.25, 0.3) is 0 Å². The molecule has 3 aromatic rings. The SMILES string of the molecule is CCc1nc2c(C)cc(C)nc2n1Cc1ccc(CCCCC2CCCCN2C2CCNCC2)cc1. The molecule has 0 amide bonds. The number of unbranched alkanes of at least 4 members (excludes halogenated alkanes) is 1. The summed E-state index contributed by atoms with van der Waals surface area (Å²) < 4.78 is 2.31. The Kier molecular flexibility index (Phi) is 8.38. The molecule has 1 N–H and O–H groups in total. The zero-order valence-electron chi connectivity index (χ0n) is 22.7. The van der Waals surface area contributed by atoms with Crippen LogP contribution in [0.25, 0.3) is 11.2 Å². The van der Waals surface area contributed by atoms with E-state index in [1.807, 2.05) is 0 Å². The summed E-state index contributed by atoms with van der Waals surface area (Å²) in [7, 11) is 0. The molecule has 2 fully saturated rings. The lowest BCUT2D eigenvalue weighted by molar-refractivity contribution is 0.0700. The van der Waals surface area contributed by atoms with E-state index in [1.54, 1.807) is 0 Å². The lowest BCUT2D eigenvalue weighted by Gasteiger charge is -2.43. The van der Waals surface area contributed by atoms with Crippen molar-refractivity contribution in [3.8, 4) is 0 Å². The quantitative estimate of drug-likeness (QED) is 0.377. The van der Waals surface area contributed by atoms with Gasteiger partial charge in [-0.1, -0.05) is 44.0 Å². The molecule has 1 atom stereocenters. The Balaban J connectivity index is 1.15. The third-order valence-electron chi connectivity index (χ3n) is 8.48. The molecular weight excluding hydrogens is 442 g/mol. The first kappa shape index (κ1) is 25.4. The van der Waals surface area contributed by atoms with Crippen LogP contribution in [0.5, 0.6) is 0 Å². The number of hydrogen-bond acceptors (Lipinski definition) is 4. The van der Waals surface area contributed by atoms with Gasteiger partial charge in [0, 0.05) is 24.2 Å². The maximum Gasteiger partial charge on any atom is 0.160 e. The number of aromatic nitrogens is 3. The Hall–Kier alpha value is -2.24. The van der Waals surface area contributed by atoms with E-state index in [-0.39, 0.29) is 0 Å². The number of pyridine rings is 1. The number of imidazole rings is 1. The van der Waals surface area contributed by atoms with Gasteiger partial charge in [0.05, 0.1) is 6.54 Å². The topological polar surface area (TPSA) is 46.0 Å². The van der Waals surface area contributed by atoms with E-state index in [1.165, 1.54) is 94.1 Å². The lowest BCUT2D eigenvalue weighted by Crippen LogP contribution is -2.50. The molecular formula is C31H45N5. The number of aryl methyl sites for hydroxylation is 4. The number of rotatable bonds is 9. The number of fused-ring (bicyclic) bond motifs is 1. The fourth-order valence-corrected chi connectivity index (χ4v) is 6.54. The Morgan fingerprint density at radius 3 is 2.50 bits per heavy atom. The second-order valence-corrected chi connectivity index (χ2v) is 11.2. The standard InChI is InChI=1S/C31H45N5/c1-4-29-34-30-23(2)21-24(3)33-31(30)36(29)22-26-14-12-25(13-15-26)9-5-6-10-27-11-7-8-20-35(27)28-16-18-32-19-17-28/h12-15,21,27-28,32H,4-11,16-20,22H2,1-3H3. The third-order valence-corrected chi connectivity index (χ3v) is 8.48. The van der Waals surface area contributed by atoms with E-state index < -0.39 is 0 Å². The summed E-state index contributed by atoms with van der Waals surface area (Å²) >= 11 is 0. The molecule has 0 saturated carbocycles. The molecule has 4 heterocycles. The van der Waals surface area contributed by atoms with Gasteiger partial charge in [0.1, 0.15) is 11.3 Å². The smallest absolute Gasteiger partial charge is 0.160 e. The Morgan fingerprint density at radius 1 is 0.944 bits per heavy atom. The van der Waals surface area contributed by atoms with E-state index in [9.17, 15) is 0 Å². The fourth-order valence-electron chi connectivity index (χ4n) is 6.54. The summed E-state index contributed by atoms with van der Waals surface area (Å²) in [6.07, 6.45) is 13.0. The number of piperidine rings is 2. The van der Waals surface area contributed by atoms with Crippen molar-refractivity contribution in [3.63, 3.8) is 0 Å². The Bertz CT molecular complexity index is 1130. The highest BCUT2D eigenvalue weighted by Gasteiger charge is 2.29. The lowest BCUT2D eigenvalue weighted by atomic mass is 9.92. The van der Waals surface area contributed by atoms with Crippen LogP contribution in [0.3, 0.4) is 0 Å². The van der Waals surface area contributed by atoms with Gasteiger partial charge in [0.15, 0.2) is 5.65 Å². The highest BCUT2D eigenvalue weighted by atomic mass is 15.2. The van der Waals surface area contributed by atoms with Crippen LogP contribution in [-0.4, -0.2) is 51.2 Å². The molecule has 0 bridgehead atoms. The van der Waals surface area contributed by atoms with E-state index in [0.29, 0.717) is 0 Å². The summed E-state index contributed by atoms with van der Waals surface area (Å²) in [6, 6.07) is 13.1. The largest absolute Gasteiger partial charge is 0.317 e. The molecule has 0 aliphatic carbocycles. The summed E-state index contributed by atoms with van der Waals surface area (Å²) in [6.45, 7) is 11.0. The number of likely N-dealkylation sites (tertiary alicyclic amines) is 1. The van der Waals surface area contributed by atoms with Gasteiger partial charge in [-0.3, -0.25) is 4.90 Å². The van der Waals surface area contributed by atoms with Crippen LogP contribution in [0.15, 0.2) is 30.3 Å². The average molecular weight is 488 g/mol. The molecule has 5 heteroatoms. The van der Waals surface area contributed by atoms with Crippen molar-refractivity contribution in [1.82, 2.24) is 24.8 Å². The van der Waals surface area contributed by atoms with Crippen molar-refractivity contribution < 1.29 is 0 Å². The fraction of sp³-hybridized carbons (Fsp3) is 0.613. The second kappa shape index (κ2) is 11.9. The minimum absolute atomic E-state index is 0.822. The summed E-state index contributed by atoms with van der Waals surface area (Å²) in [5.74, 6) is 1.12. The normalized spacial score (nSPS) is 19.8. The van der Waals surface area contributed by atoms with Crippen LogP contribution in [-0.2, 0) is 19.4 Å². The van der Waals surface area contributed by atoms with Gasteiger partial charge < -0.3 is 9.88 Å². The summed E-state index contributed by atoms with van der Waals surface area (Å²) in [5, 5.41) is 3.54. The molecule has 2 aliphatic rings. The molecule has 5 nitrogen and oxygen atoms in total. The zero-order valence-corrected chi connectivity index (χ0v) is 22.7. The second-order valence-electron chi connectivity index (χ2n) is 11.2. The monoisotopic (exact) mass is 487 g/mol. The Labute approximate surface area is 217 Å². The highest BCUT2D eigenvalue weighted by molar-refractivity contribution is 5.76. The first-order valence-electron chi connectivity index (χ1n) is 14.5. The van der Waals surface area contributed by atoms with E-state index >= 15 is 0 Å². The highest BCUT2D eigenvalue weighted by Crippen LogP contribution is 2.27. The molecule has 1 unspecified atom stereocenters. The third kappa shape index (κ3) is 5.84. The van der Waals surface area contributed by atoms with Gasteiger partial charge in [-0.2, -0.15) is 0 Å². The molecule has 2 saturated heterocycles. The van der Waals surface area contributed by atoms with Crippen molar-refractivity contribution in [2.75, 3.05) is 19.6 Å². The van der Waals surface area contributed by atoms with Crippen LogP contribution in [0, 0.1) is 13.8 Å².